The van der Waals surface area contributed by atoms with Gasteiger partial charge in [-0.05, 0) is 29.1 Å². The predicted molar refractivity (Wildman–Crippen MR) is 92.6 cm³/mol. The molecule has 0 atom stereocenters. The molecule has 0 aromatic heterocycles. The molecule has 3 aromatic carbocycles. The summed E-state index contributed by atoms with van der Waals surface area (Å²) in [5.41, 5.74) is 1.23. The Morgan fingerprint density at radius 1 is 1.00 bits per heavy atom. The highest BCUT2D eigenvalue weighted by molar-refractivity contribution is 6.01. The molecule has 1 N–H and O–H groups in total. The number of rotatable bonds is 5. The van der Waals surface area contributed by atoms with Crippen molar-refractivity contribution in [3.63, 3.8) is 0 Å². The average Bonchev–Trinajstić information content (AvgIpc) is 2.62. The lowest BCUT2D eigenvalue weighted by molar-refractivity contribution is 0.0506. The maximum Gasteiger partial charge on any atom is 0.341 e. The number of methoxy groups -OCH3 is 1. The monoisotopic (exact) mass is 322 g/mol. The van der Waals surface area contributed by atoms with Crippen molar-refractivity contribution in [2.45, 2.75) is 6.42 Å². The molecule has 0 amide bonds. The Morgan fingerprint density at radius 3 is 2.50 bits per heavy atom. The standard InChI is InChI=1S/C20H18O4/c1-23-16-9-6-14(7-10-16)12-13-24-20(22)18-11-8-15-4-2-3-5-17(15)19(18)21/h2-11,21H,12-13H2,1H3. The zero-order valence-electron chi connectivity index (χ0n) is 13.4. The minimum atomic E-state index is -0.522. The van der Waals surface area contributed by atoms with Gasteiger partial charge in [0.25, 0.3) is 0 Å². The first-order chi connectivity index (χ1) is 11.7. The van der Waals surface area contributed by atoms with Crippen LogP contribution in [0.5, 0.6) is 11.5 Å². The summed E-state index contributed by atoms with van der Waals surface area (Å²) >= 11 is 0. The third-order valence-electron chi connectivity index (χ3n) is 3.90. The molecule has 0 aliphatic carbocycles. The lowest BCUT2D eigenvalue weighted by Gasteiger charge is -2.09. The smallest absolute Gasteiger partial charge is 0.341 e. The minimum Gasteiger partial charge on any atom is -0.506 e. The molecule has 122 valence electrons. The summed E-state index contributed by atoms with van der Waals surface area (Å²) in [4.78, 5) is 12.2. The van der Waals surface area contributed by atoms with Gasteiger partial charge in [0.1, 0.15) is 17.1 Å². The van der Waals surface area contributed by atoms with Gasteiger partial charge in [0.15, 0.2) is 0 Å². The van der Waals surface area contributed by atoms with Gasteiger partial charge in [0.2, 0.25) is 0 Å². The van der Waals surface area contributed by atoms with Crippen LogP contribution in [0.4, 0.5) is 0 Å². The molecule has 0 bridgehead atoms. The van der Waals surface area contributed by atoms with Crippen molar-refractivity contribution in [1.29, 1.82) is 0 Å². The number of fused-ring (bicyclic) bond motifs is 1. The third-order valence-corrected chi connectivity index (χ3v) is 3.90. The van der Waals surface area contributed by atoms with Crippen LogP contribution in [-0.4, -0.2) is 24.8 Å². The number of carbonyl (C=O) groups is 1. The Morgan fingerprint density at radius 2 is 1.75 bits per heavy atom. The maximum atomic E-state index is 12.2. The van der Waals surface area contributed by atoms with E-state index >= 15 is 0 Å². The molecular formula is C20H18O4. The van der Waals surface area contributed by atoms with Crippen LogP contribution >= 0.6 is 0 Å². The van der Waals surface area contributed by atoms with Gasteiger partial charge in [-0.25, -0.2) is 4.79 Å². The molecule has 0 fully saturated rings. The Hall–Kier alpha value is -3.01. The fraction of sp³-hybridized carbons (Fsp3) is 0.150. The Balaban J connectivity index is 1.65. The largest absolute Gasteiger partial charge is 0.506 e. The fourth-order valence-electron chi connectivity index (χ4n) is 2.55. The lowest BCUT2D eigenvalue weighted by atomic mass is 10.1. The summed E-state index contributed by atoms with van der Waals surface area (Å²) in [7, 11) is 1.62. The number of benzene rings is 3. The predicted octanol–water partition coefficient (Wildman–Crippen LogP) is 3.95. The Labute approximate surface area is 140 Å². The van der Waals surface area contributed by atoms with Crippen LogP contribution in [0.25, 0.3) is 10.8 Å². The van der Waals surface area contributed by atoms with Gasteiger partial charge in [0, 0.05) is 11.8 Å². The first-order valence-corrected chi connectivity index (χ1v) is 7.70. The second-order valence-electron chi connectivity index (χ2n) is 5.42. The Bertz CT molecular complexity index is 853. The number of carbonyl (C=O) groups excluding carboxylic acids is 1. The highest BCUT2D eigenvalue weighted by atomic mass is 16.5. The summed E-state index contributed by atoms with van der Waals surface area (Å²) in [5.74, 6) is 0.228. The van der Waals surface area contributed by atoms with Crippen molar-refractivity contribution in [3.05, 3.63) is 71.8 Å². The minimum absolute atomic E-state index is 0.0393. The van der Waals surface area contributed by atoms with Gasteiger partial charge in [-0.1, -0.05) is 42.5 Å². The van der Waals surface area contributed by atoms with Crippen LogP contribution in [0.15, 0.2) is 60.7 Å². The van der Waals surface area contributed by atoms with Crippen molar-refractivity contribution < 1.29 is 19.4 Å². The summed E-state index contributed by atoms with van der Waals surface area (Å²) in [5, 5.41) is 11.8. The number of hydrogen-bond acceptors (Lipinski definition) is 4. The summed E-state index contributed by atoms with van der Waals surface area (Å²) in [6.45, 7) is 0.247. The van der Waals surface area contributed by atoms with E-state index in [9.17, 15) is 9.90 Å². The number of phenolic OH excluding ortho intramolecular Hbond substituents is 1. The second-order valence-corrected chi connectivity index (χ2v) is 5.42. The van der Waals surface area contributed by atoms with Crippen LogP contribution in [0, 0.1) is 0 Å². The zero-order valence-corrected chi connectivity index (χ0v) is 13.4. The Kier molecular flexibility index (Phi) is 4.66. The van der Waals surface area contributed by atoms with Crippen molar-refractivity contribution in [2.24, 2.45) is 0 Å². The summed E-state index contributed by atoms with van der Waals surface area (Å²) in [6.07, 6.45) is 0.601. The van der Waals surface area contributed by atoms with E-state index < -0.39 is 5.97 Å². The molecule has 4 heteroatoms. The highest BCUT2D eigenvalue weighted by Gasteiger charge is 2.14. The average molecular weight is 322 g/mol. The van der Waals surface area contributed by atoms with Gasteiger partial charge in [0.05, 0.1) is 13.7 Å². The number of esters is 1. The molecule has 24 heavy (non-hydrogen) atoms. The topological polar surface area (TPSA) is 55.8 Å². The molecule has 3 rings (SSSR count). The number of ether oxygens (including phenoxy) is 2. The van der Waals surface area contributed by atoms with Gasteiger partial charge < -0.3 is 14.6 Å². The molecule has 0 heterocycles. The van der Waals surface area contributed by atoms with E-state index in [4.69, 9.17) is 9.47 Å². The quantitative estimate of drug-likeness (QED) is 0.723. The van der Waals surface area contributed by atoms with E-state index in [0.717, 1.165) is 16.7 Å². The van der Waals surface area contributed by atoms with E-state index in [2.05, 4.69) is 0 Å². The van der Waals surface area contributed by atoms with Gasteiger partial charge in [-0.2, -0.15) is 0 Å². The van der Waals surface area contributed by atoms with E-state index in [1.807, 2.05) is 42.5 Å². The van der Waals surface area contributed by atoms with Crippen molar-refractivity contribution in [2.75, 3.05) is 13.7 Å². The maximum absolute atomic E-state index is 12.2. The highest BCUT2D eigenvalue weighted by Crippen LogP contribution is 2.29. The van der Waals surface area contributed by atoms with Crippen molar-refractivity contribution >= 4 is 16.7 Å². The third kappa shape index (κ3) is 3.33. The van der Waals surface area contributed by atoms with E-state index in [0.29, 0.717) is 11.8 Å². The van der Waals surface area contributed by atoms with Gasteiger partial charge in [-0.3, -0.25) is 0 Å². The molecule has 0 aliphatic heterocycles. The first kappa shape index (κ1) is 15.9. The normalized spacial score (nSPS) is 10.5. The first-order valence-electron chi connectivity index (χ1n) is 7.70. The van der Waals surface area contributed by atoms with Crippen LogP contribution in [-0.2, 0) is 11.2 Å². The van der Waals surface area contributed by atoms with Crippen molar-refractivity contribution in [1.82, 2.24) is 0 Å². The summed E-state index contributed by atoms with van der Waals surface area (Å²) in [6, 6.07) is 18.4. The van der Waals surface area contributed by atoms with E-state index in [1.165, 1.54) is 0 Å². The second kappa shape index (κ2) is 7.04. The van der Waals surface area contributed by atoms with Gasteiger partial charge in [-0.15, -0.1) is 0 Å². The zero-order chi connectivity index (χ0) is 16.9. The lowest BCUT2D eigenvalue weighted by Crippen LogP contribution is -2.08. The van der Waals surface area contributed by atoms with Crippen LogP contribution in [0.2, 0.25) is 0 Å². The molecule has 0 saturated heterocycles. The van der Waals surface area contributed by atoms with E-state index in [1.54, 1.807) is 25.3 Å². The number of aromatic hydroxyl groups is 1. The van der Waals surface area contributed by atoms with Crippen molar-refractivity contribution in [3.8, 4) is 11.5 Å². The van der Waals surface area contributed by atoms with Crippen LogP contribution in [0.3, 0.4) is 0 Å². The number of hydrogen-bond donors (Lipinski definition) is 1. The molecule has 0 aliphatic rings. The van der Waals surface area contributed by atoms with E-state index in [-0.39, 0.29) is 17.9 Å². The summed E-state index contributed by atoms with van der Waals surface area (Å²) < 4.78 is 10.4. The van der Waals surface area contributed by atoms with Gasteiger partial charge >= 0.3 is 5.97 Å². The fourth-order valence-corrected chi connectivity index (χ4v) is 2.55. The van der Waals surface area contributed by atoms with Crippen LogP contribution < -0.4 is 4.74 Å². The molecule has 0 saturated carbocycles. The molecule has 0 unspecified atom stereocenters. The molecule has 0 radical (unpaired) electrons. The molecule has 0 spiro atoms. The molecule has 4 nitrogen and oxygen atoms in total. The van der Waals surface area contributed by atoms with Crippen LogP contribution in [0.1, 0.15) is 15.9 Å². The molecular weight excluding hydrogens is 304 g/mol. The molecule has 3 aromatic rings. The number of phenols is 1. The SMILES string of the molecule is COc1ccc(CCOC(=O)c2ccc3ccccc3c2O)cc1.